The van der Waals surface area contributed by atoms with Crippen molar-refractivity contribution in [2.45, 2.75) is 0 Å². The molecule has 0 aromatic carbocycles. The van der Waals surface area contributed by atoms with Crippen molar-refractivity contribution in [2.24, 2.45) is 0 Å². The molecule has 0 atom stereocenters. The van der Waals surface area contributed by atoms with Crippen LogP contribution in [0, 0.1) is 0 Å². The molecule has 0 N–H and O–H groups in total. The lowest BCUT2D eigenvalue weighted by Crippen LogP contribution is -2.33. The molecule has 0 fully saturated rings. The van der Waals surface area contributed by atoms with E-state index in [0.29, 0.717) is 5.65 Å². The van der Waals surface area contributed by atoms with Gasteiger partial charge >= 0.3 is 7.79 Å². The van der Waals surface area contributed by atoms with E-state index in [2.05, 4.69) is 31.3 Å². The first-order valence-corrected chi connectivity index (χ1v) is 7.60. The van der Waals surface area contributed by atoms with Gasteiger partial charge in [0.15, 0.2) is 0 Å². The lowest BCUT2D eigenvalue weighted by atomic mass is 10.4. The Morgan fingerprint density at radius 1 is 1.22 bits per heavy atom. The minimum Gasteiger partial charge on any atom is -0.232 e. The summed E-state index contributed by atoms with van der Waals surface area (Å²) in [5.41, 5.74) is 1.36. The third kappa shape index (κ3) is 2.16. The summed E-state index contributed by atoms with van der Waals surface area (Å²) in [5.74, 6) is 0. The predicted octanol–water partition coefficient (Wildman–Crippen LogP) is 0.770. The van der Waals surface area contributed by atoms with Gasteiger partial charge in [-0.1, -0.05) is 0 Å². The van der Waals surface area contributed by atoms with Crippen molar-refractivity contribution in [3.63, 3.8) is 0 Å². The topological polar surface area (TPSA) is 59.3 Å². The highest BCUT2D eigenvalue weighted by atomic mass is 31.2. The Morgan fingerprint density at radius 3 is 2.50 bits per heavy atom. The van der Waals surface area contributed by atoms with E-state index in [1.165, 1.54) is 4.85 Å². The zero-order chi connectivity index (χ0) is 13.3. The van der Waals surface area contributed by atoms with Crippen LogP contribution >= 0.6 is 7.79 Å². The Kier molecular flexibility index (Phi) is 3.47. The Morgan fingerprint density at radius 2 is 1.89 bits per heavy atom. The fourth-order valence-electron chi connectivity index (χ4n) is 1.45. The van der Waals surface area contributed by atoms with E-state index in [-0.39, 0.29) is 0 Å². The van der Waals surface area contributed by atoms with Crippen LogP contribution in [0.15, 0.2) is 18.3 Å². The van der Waals surface area contributed by atoms with Crippen LogP contribution in [0.5, 0.6) is 0 Å². The molecule has 0 aliphatic heterocycles. The number of nitrogens with zero attached hydrogens (tertiary/aromatic N) is 6. The molecular weight excluding hydrogens is 251 g/mol. The fraction of sp³-hybridized carbons (Fsp3) is 0.500. The summed E-state index contributed by atoms with van der Waals surface area (Å²) in [7, 11) is 6.03. The molecule has 2 heterocycles. The van der Waals surface area contributed by atoms with Crippen molar-refractivity contribution in [3.8, 4) is 0 Å². The SMILES string of the molecule is CN(C)[P+](C)(On1nnc2cccnc21)N(C)C. The largest absolute Gasteiger partial charge is 0.366 e. The first-order chi connectivity index (χ1) is 8.45. The highest BCUT2D eigenvalue weighted by Gasteiger charge is 2.44. The Bertz CT molecular complexity index is 532. The van der Waals surface area contributed by atoms with Gasteiger partial charge in [-0.25, -0.2) is 9.61 Å². The lowest BCUT2D eigenvalue weighted by molar-refractivity contribution is 0.216. The van der Waals surface area contributed by atoms with Crippen LogP contribution < -0.4 is 4.62 Å². The van der Waals surface area contributed by atoms with Gasteiger partial charge in [-0.05, 0) is 22.2 Å². The van der Waals surface area contributed by atoms with Crippen LogP contribution in [0.3, 0.4) is 0 Å². The molecule has 7 nitrogen and oxygen atoms in total. The molecule has 18 heavy (non-hydrogen) atoms. The molecule has 0 unspecified atom stereocenters. The van der Waals surface area contributed by atoms with Gasteiger partial charge in [0.1, 0.15) is 12.2 Å². The maximum atomic E-state index is 6.02. The molecule has 98 valence electrons. The van der Waals surface area contributed by atoms with Crippen LogP contribution in [0.4, 0.5) is 0 Å². The lowest BCUT2D eigenvalue weighted by Gasteiger charge is -2.29. The molecular formula is C10H18N6OP+. The van der Waals surface area contributed by atoms with Gasteiger partial charge in [0.25, 0.3) is 0 Å². The van der Waals surface area contributed by atoms with E-state index in [4.69, 9.17) is 4.62 Å². The van der Waals surface area contributed by atoms with Crippen molar-refractivity contribution in [1.82, 2.24) is 29.5 Å². The molecule has 0 aliphatic rings. The Labute approximate surface area is 107 Å². The van der Waals surface area contributed by atoms with Crippen LogP contribution in [0.25, 0.3) is 11.2 Å². The van der Waals surface area contributed by atoms with Crippen molar-refractivity contribution < 1.29 is 4.62 Å². The Balaban J connectivity index is 2.38. The zero-order valence-electron chi connectivity index (χ0n) is 11.3. The quantitative estimate of drug-likeness (QED) is 0.764. The number of pyridine rings is 1. The van der Waals surface area contributed by atoms with Crippen molar-refractivity contribution in [3.05, 3.63) is 18.3 Å². The molecule has 2 aromatic heterocycles. The predicted molar refractivity (Wildman–Crippen MR) is 72.1 cm³/mol. The number of fused-ring (bicyclic) bond motifs is 1. The summed E-state index contributed by atoms with van der Waals surface area (Å²) in [4.78, 5) is 5.64. The number of hydrogen-bond acceptors (Lipinski definition) is 6. The second-order valence-corrected chi connectivity index (χ2v) is 7.85. The van der Waals surface area contributed by atoms with E-state index in [1.54, 1.807) is 6.20 Å². The maximum absolute atomic E-state index is 6.02. The minimum absolute atomic E-state index is 0.632. The van der Waals surface area contributed by atoms with Gasteiger partial charge in [0, 0.05) is 34.4 Å². The molecule has 0 spiro atoms. The zero-order valence-corrected chi connectivity index (χ0v) is 12.2. The monoisotopic (exact) mass is 269 g/mol. The molecule has 0 aliphatic carbocycles. The standard InChI is InChI=1S/C10H18N6OP/c1-14(2)18(5,15(3)4)17-16-10-9(12-13-16)7-6-8-11-10/h6-8H,1-5H3/q+1. The van der Waals surface area contributed by atoms with Gasteiger partial charge in [0.2, 0.25) is 5.65 Å². The van der Waals surface area contributed by atoms with E-state index >= 15 is 0 Å². The third-order valence-electron chi connectivity index (χ3n) is 2.90. The van der Waals surface area contributed by atoms with Gasteiger partial charge in [0.05, 0.1) is 0 Å². The Hall–Kier alpha value is -1.30. The first-order valence-electron chi connectivity index (χ1n) is 5.54. The average molecular weight is 269 g/mol. The normalized spacial score (nSPS) is 12.6. The maximum Gasteiger partial charge on any atom is 0.366 e. The van der Waals surface area contributed by atoms with Crippen LogP contribution in [0.2, 0.25) is 0 Å². The molecule has 2 rings (SSSR count). The van der Waals surface area contributed by atoms with E-state index < -0.39 is 7.79 Å². The average Bonchev–Trinajstić information content (AvgIpc) is 2.72. The molecule has 0 saturated heterocycles. The summed E-state index contributed by atoms with van der Waals surface area (Å²) in [6, 6.07) is 3.68. The summed E-state index contributed by atoms with van der Waals surface area (Å²) in [5, 5.41) is 8.03. The molecule has 0 amide bonds. The molecule has 0 bridgehead atoms. The van der Waals surface area contributed by atoms with Gasteiger partial charge in [-0.15, -0.1) is 14.4 Å². The summed E-state index contributed by atoms with van der Waals surface area (Å²) < 4.78 is 10.1. The second-order valence-electron chi connectivity index (χ2n) is 4.42. The van der Waals surface area contributed by atoms with E-state index in [9.17, 15) is 0 Å². The summed E-state index contributed by atoms with van der Waals surface area (Å²) in [6.45, 7) is 2.06. The van der Waals surface area contributed by atoms with Gasteiger partial charge in [-0.2, -0.15) is 0 Å². The van der Waals surface area contributed by atoms with Gasteiger partial charge in [-0.3, -0.25) is 0 Å². The van der Waals surface area contributed by atoms with Crippen molar-refractivity contribution in [2.75, 3.05) is 34.9 Å². The van der Waals surface area contributed by atoms with E-state index in [1.807, 2.05) is 40.3 Å². The highest BCUT2D eigenvalue weighted by molar-refractivity contribution is 7.65. The number of rotatable bonds is 4. The number of aromatic nitrogens is 4. The van der Waals surface area contributed by atoms with Crippen LogP contribution in [-0.2, 0) is 0 Å². The third-order valence-corrected chi connectivity index (χ3v) is 6.33. The van der Waals surface area contributed by atoms with Crippen molar-refractivity contribution in [1.29, 1.82) is 0 Å². The van der Waals surface area contributed by atoms with Gasteiger partial charge < -0.3 is 0 Å². The molecule has 0 saturated carbocycles. The summed E-state index contributed by atoms with van der Waals surface area (Å²) in [6.07, 6.45) is 1.70. The second kappa shape index (κ2) is 4.76. The molecule has 0 radical (unpaired) electrons. The summed E-state index contributed by atoms with van der Waals surface area (Å²) >= 11 is 0. The first kappa shape index (κ1) is 13.1. The fourth-order valence-corrected chi connectivity index (χ4v) is 2.86. The van der Waals surface area contributed by atoms with E-state index in [0.717, 1.165) is 5.52 Å². The minimum atomic E-state index is -1.92. The van der Waals surface area contributed by atoms with Crippen LogP contribution in [0.1, 0.15) is 0 Å². The smallest absolute Gasteiger partial charge is 0.232 e. The molecule has 2 aromatic rings. The number of hydrogen-bond donors (Lipinski definition) is 0. The highest BCUT2D eigenvalue weighted by Crippen LogP contribution is 2.56. The molecule has 8 heteroatoms. The van der Waals surface area contributed by atoms with Crippen LogP contribution in [-0.4, -0.2) is 64.3 Å². The van der Waals surface area contributed by atoms with Crippen molar-refractivity contribution >= 4 is 19.0 Å².